The Bertz CT molecular complexity index is 425. The first-order valence-electron chi connectivity index (χ1n) is 5.74. The fourth-order valence-corrected chi connectivity index (χ4v) is 1.50. The highest BCUT2D eigenvalue weighted by molar-refractivity contribution is 5.22. The molecule has 1 atom stereocenters. The summed E-state index contributed by atoms with van der Waals surface area (Å²) in [6.45, 7) is 2.54. The molecular formula is C15H16O2. The molecule has 0 saturated carbocycles. The zero-order valence-electron chi connectivity index (χ0n) is 9.87. The Hall–Kier alpha value is -1.96. The number of hydrogen-bond donors (Lipinski definition) is 0. The van der Waals surface area contributed by atoms with Crippen molar-refractivity contribution < 1.29 is 9.47 Å². The number of benzene rings is 2. The van der Waals surface area contributed by atoms with Crippen LogP contribution in [0, 0.1) is 0 Å². The van der Waals surface area contributed by atoms with Gasteiger partial charge in [0.25, 0.3) is 0 Å². The van der Waals surface area contributed by atoms with Crippen LogP contribution in [0.3, 0.4) is 0 Å². The van der Waals surface area contributed by atoms with Crippen LogP contribution in [-0.2, 0) is 0 Å². The van der Waals surface area contributed by atoms with E-state index >= 15 is 0 Å². The lowest BCUT2D eigenvalue weighted by Gasteiger charge is -2.15. The molecule has 0 spiro atoms. The molecule has 0 aromatic heterocycles. The highest BCUT2D eigenvalue weighted by atomic mass is 16.5. The number of hydrogen-bond acceptors (Lipinski definition) is 2. The molecule has 2 heteroatoms. The molecule has 2 rings (SSSR count). The van der Waals surface area contributed by atoms with E-state index in [1.54, 1.807) is 0 Å². The topological polar surface area (TPSA) is 18.5 Å². The number of ether oxygens (including phenoxy) is 2. The summed E-state index contributed by atoms with van der Waals surface area (Å²) in [5.74, 6) is 1.74. The maximum Gasteiger partial charge on any atom is 0.130 e. The van der Waals surface area contributed by atoms with Gasteiger partial charge in [0.05, 0.1) is 0 Å². The van der Waals surface area contributed by atoms with Crippen molar-refractivity contribution in [1.82, 2.24) is 0 Å². The minimum Gasteiger partial charge on any atom is -0.490 e. The zero-order chi connectivity index (χ0) is 11.9. The summed E-state index contributed by atoms with van der Waals surface area (Å²) < 4.78 is 11.3. The SMILES string of the molecule is CC(COc1ccccc1)Oc1ccccc1. The van der Waals surface area contributed by atoms with Gasteiger partial charge in [-0.25, -0.2) is 0 Å². The molecule has 0 saturated heterocycles. The predicted octanol–water partition coefficient (Wildman–Crippen LogP) is 3.53. The van der Waals surface area contributed by atoms with E-state index in [2.05, 4.69) is 0 Å². The minimum absolute atomic E-state index is 0.0256. The Morgan fingerprint density at radius 1 is 0.824 bits per heavy atom. The Morgan fingerprint density at radius 3 is 1.94 bits per heavy atom. The van der Waals surface area contributed by atoms with Crippen molar-refractivity contribution in [2.45, 2.75) is 13.0 Å². The lowest BCUT2D eigenvalue weighted by Crippen LogP contribution is -2.20. The van der Waals surface area contributed by atoms with Crippen LogP contribution in [0.15, 0.2) is 60.7 Å². The van der Waals surface area contributed by atoms with Crippen LogP contribution in [0.4, 0.5) is 0 Å². The Balaban J connectivity index is 1.80. The standard InChI is InChI=1S/C15H16O2/c1-13(17-15-10-6-3-7-11-15)12-16-14-8-4-2-5-9-14/h2-11,13H,12H2,1H3. The van der Waals surface area contributed by atoms with E-state index < -0.39 is 0 Å². The van der Waals surface area contributed by atoms with E-state index in [0.717, 1.165) is 11.5 Å². The maximum absolute atomic E-state index is 5.71. The fraction of sp³-hybridized carbons (Fsp3) is 0.200. The van der Waals surface area contributed by atoms with Gasteiger partial charge in [0, 0.05) is 0 Å². The molecule has 0 N–H and O–H groups in total. The number of rotatable bonds is 5. The van der Waals surface area contributed by atoms with Crippen LogP contribution < -0.4 is 9.47 Å². The van der Waals surface area contributed by atoms with Crippen LogP contribution >= 0.6 is 0 Å². The molecule has 2 nitrogen and oxygen atoms in total. The monoisotopic (exact) mass is 228 g/mol. The van der Waals surface area contributed by atoms with Gasteiger partial charge in [0.1, 0.15) is 24.2 Å². The Morgan fingerprint density at radius 2 is 1.35 bits per heavy atom. The summed E-state index contributed by atoms with van der Waals surface area (Å²) in [5.41, 5.74) is 0. The van der Waals surface area contributed by atoms with Gasteiger partial charge in [-0.05, 0) is 31.2 Å². The average molecular weight is 228 g/mol. The highest BCUT2D eigenvalue weighted by Crippen LogP contribution is 2.13. The Labute approximate surface area is 102 Å². The van der Waals surface area contributed by atoms with Gasteiger partial charge in [-0.15, -0.1) is 0 Å². The zero-order valence-corrected chi connectivity index (χ0v) is 9.87. The molecule has 0 heterocycles. The van der Waals surface area contributed by atoms with Crippen LogP contribution in [0.1, 0.15) is 6.92 Å². The van der Waals surface area contributed by atoms with Crippen LogP contribution in [0.2, 0.25) is 0 Å². The molecule has 0 aliphatic heterocycles. The molecular weight excluding hydrogens is 212 g/mol. The quantitative estimate of drug-likeness (QED) is 0.779. The van der Waals surface area contributed by atoms with E-state index in [-0.39, 0.29) is 6.10 Å². The van der Waals surface area contributed by atoms with E-state index in [1.807, 2.05) is 67.6 Å². The van der Waals surface area contributed by atoms with Gasteiger partial charge in [-0.3, -0.25) is 0 Å². The van der Waals surface area contributed by atoms with Crippen LogP contribution in [-0.4, -0.2) is 12.7 Å². The first kappa shape index (κ1) is 11.5. The predicted molar refractivity (Wildman–Crippen MR) is 68.5 cm³/mol. The second-order valence-corrected chi connectivity index (χ2v) is 3.87. The van der Waals surface area contributed by atoms with E-state index in [0.29, 0.717) is 6.61 Å². The Kier molecular flexibility index (Phi) is 4.03. The third-order valence-electron chi connectivity index (χ3n) is 2.31. The van der Waals surface area contributed by atoms with Crippen molar-refractivity contribution in [2.24, 2.45) is 0 Å². The molecule has 0 radical (unpaired) electrons. The summed E-state index contributed by atoms with van der Waals surface area (Å²) in [6, 6.07) is 19.5. The molecule has 0 amide bonds. The molecule has 17 heavy (non-hydrogen) atoms. The first-order valence-corrected chi connectivity index (χ1v) is 5.74. The van der Waals surface area contributed by atoms with Crippen molar-refractivity contribution in [3.05, 3.63) is 60.7 Å². The van der Waals surface area contributed by atoms with Gasteiger partial charge in [-0.2, -0.15) is 0 Å². The summed E-state index contributed by atoms with van der Waals surface area (Å²) >= 11 is 0. The maximum atomic E-state index is 5.71. The molecule has 0 aliphatic rings. The molecule has 2 aromatic carbocycles. The van der Waals surface area contributed by atoms with E-state index in [4.69, 9.17) is 9.47 Å². The summed E-state index contributed by atoms with van der Waals surface area (Å²) in [6.07, 6.45) is 0.0256. The van der Waals surface area contributed by atoms with E-state index in [9.17, 15) is 0 Å². The minimum atomic E-state index is 0.0256. The van der Waals surface area contributed by atoms with Crippen molar-refractivity contribution >= 4 is 0 Å². The number of para-hydroxylation sites is 2. The van der Waals surface area contributed by atoms with Crippen molar-refractivity contribution in [1.29, 1.82) is 0 Å². The van der Waals surface area contributed by atoms with Crippen LogP contribution in [0.25, 0.3) is 0 Å². The summed E-state index contributed by atoms with van der Waals surface area (Å²) in [5, 5.41) is 0. The smallest absolute Gasteiger partial charge is 0.130 e. The van der Waals surface area contributed by atoms with Gasteiger partial charge in [0.2, 0.25) is 0 Å². The van der Waals surface area contributed by atoms with Gasteiger partial charge in [-0.1, -0.05) is 36.4 Å². The molecule has 1 unspecified atom stereocenters. The molecule has 0 aliphatic carbocycles. The normalized spacial score (nSPS) is 11.8. The van der Waals surface area contributed by atoms with Gasteiger partial charge < -0.3 is 9.47 Å². The summed E-state index contributed by atoms with van der Waals surface area (Å²) in [4.78, 5) is 0. The third kappa shape index (κ3) is 3.83. The molecule has 88 valence electrons. The van der Waals surface area contributed by atoms with Gasteiger partial charge >= 0.3 is 0 Å². The largest absolute Gasteiger partial charge is 0.490 e. The van der Waals surface area contributed by atoms with Crippen molar-refractivity contribution in [2.75, 3.05) is 6.61 Å². The van der Waals surface area contributed by atoms with Crippen molar-refractivity contribution in [3.8, 4) is 11.5 Å². The third-order valence-corrected chi connectivity index (χ3v) is 2.31. The van der Waals surface area contributed by atoms with E-state index in [1.165, 1.54) is 0 Å². The lowest BCUT2D eigenvalue weighted by atomic mass is 10.3. The molecule has 0 fully saturated rings. The summed E-state index contributed by atoms with van der Waals surface area (Å²) in [7, 11) is 0. The fourth-order valence-electron chi connectivity index (χ4n) is 1.50. The molecule has 0 bridgehead atoms. The second kappa shape index (κ2) is 5.94. The van der Waals surface area contributed by atoms with Gasteiger partial charge in [0.15, 0.2) is 0 Å². The second-order valence-electron chi connectivity index (χ2n) is 3.87. The highest BCUT2D eigenvalue weighted by Gasteiger charge is 2.04. The first-order chi connectivity index (χ1) is 8.34. The van der Waals surface area contributed by atoms with Crippen molar-refractivity contribution in [3.63, 3.8) is 0 Å². The lowest BCUT2D eigenvalue weighted by molar-refractivity contribution is 0.143. The molecule has 2 aromatic rings. The van der Waals surface area contributed by atoms with Crippen LogP contribution in [0.5, 0.6) is 11.5 Å². The average Bonchev–Trinajstić information content (AvgIpc) is 2.39.